The van der Waals surface area contributed by atoms with E-state index >= 15 is 0 Å². The van der Waals surface area contributed by atoms with Gasteiger partial charge in [-0.15, -0.1) is 0 Å². The molecule has 126 valence electrons. The van der Waals surface area contributed by atoms with Gasteiger partial charge in [0.2, 0.25) is 0 Å². The average molecular weight is 306 g/mol. The zero-order chi connectivity index (χ0) is 15.8. The van der Waals surface area contributed by atoms with Gasteiger partial charge >= 0.3 is 5.97 Å². The molecule has 6 nitrogen and oxygen atoms in total. The van der Waals surface area contributed by atoms with E-state index in [0.29, 0.717) is 65.7 Å². The van der Waals surface area contributed by atoms with Crippen LogP contribution in [0, 0.1) is 0 Å². The van der Waals surface area contributed by atoms with Crippen LogP contribution in [0.5, 0.6) is 0 Å². The first-order chi connectivity index (χ1) is 10.2. The second-order valence-electron chi connectivity index (χ2n) is 4.47. The summed E-state index contributed by atoms with van der Waals surface area (Å²) in [6, 6.07) is 0. The third-order valence-electron chi connectivity index (χ3n) is 2.53. The lowest BCUT2D eigenvalue weighted by Crippen LogP contribution is -2.20. The van der Waals surface area contributed by atoms with Gasteiger partial charge in [-0.05, 0) is 27.2 Å². The Morgan fingerprint density at radius 1 is 0.905 bits per heavy atom. The van der Waals surface area contributed by atoms with Crippen molar-refractivity contribution in [2.24, 2.45) is 0 Å². The van der Waals surface area contributed by atoms with E-state index in [1.54, 1.807) is 6.92 Å². The summed E-state index contributed by atoms with van der Waals surface area (Å²) < 4.78 is 26.3. The lowest BCUT2D eigenvalue weighted by Gasteiger charge is -2.13. The van der Waals surface area contributed by atoms with Crippen LogP contribution < -0.4 is 0 Å². The molecule has 0 aromatic heterocycles. The molecule has 0 aliphatic carbocycles. The molecule has 0 fully saturated rings. The summed E-state index contributed by atoms with van der Waals surface area (Å²) in [7, 11) is 0. The molecule has 0 amide bonds. The third-order valence-corrected chi connectivity index (χ3v) is 2.53. The van der Waals surface area contributed by atoms with Crippen LogP contribution in [0.3, 0.4) is 0 Å². The van der Waals surface area contributed by atoms with E-state index in [-0.39, 0.29) is 12.1 Å². The third kappa shape index (κ3) is 15.5. The Morgan fingerprint density at radius 2 is 1.62 bits per heavy atom. The second kappa shape index (κ2) is 15.7. The Kier molecular flexibility index (Phi) is 15.2. The predicted molar refractivity (Wildman–Crippen MR) is 79.4 cm³/mol. The topological polar surface area (TPSA) is 63.2 Å². The molecular formula is C15H30O6. The van der Waals surface area contributed by atoms with Crippen molar-refractivity contribution >= 4 is 5.97 Å². The molecule has 0 bridgehead atoms. The molecule has 0 aliphatic heterocycles. The van der Waals surface area contributed by atoms with Gasteiger partial charge in [0.15, 0.2) is 0 Å². The van der Waals surface area contributed by atoms with Gasteiger partial charge < -0.3 is 23.7 Å². The number of ether oxygens (including phenoxy) is 5. The molecule has 1 atom stereocenters. The molecule has 0 N–H and O–H groups in total. The molecule has 0 aromatic carbocycles. The van der Waals surface area contributed by atoms with Gasteiger partial charge in [-0.3, -0.25) is 4.79 Å². The van der Waals surface area contributed by atoms with Crippen molar-refractivity contribution in [2.75, 3.05) is 52.9 Å². The second-order valence-corrected chi connectivity index (χ2v) is 4.47. The SMILES string of the molecule is CCOCCOCC(C)OCCOCCCC(=O)OCC. The monoisotopic (exact) mass is 306 g/mol. The molecule has 0 radical (unpaired) electrons. The van der Waals surface area contributed by atoms with E-state index in [0.717, 1.165) is 0 Å². The number of hydrogen-bond donors (Lipinski definition) is 0. The van der Waals surface area contributed by atoms with Crippen molar-refractivity contribution in [3.05, 3.63) is 0 Å². The van der Waals surface area contributed by atoms with Gasteiger partial charge in [0.25, 0.3) is 0 Å². The highest BCUT2D eigenvalue weighted by Gasteiger charge is 2.03. The quantitative estimate of drug-likeness (QED) is 0.340. The lowest BCUT2D eigenvalue weighted by atomic mass is 10.3. The van der Waals surface area contributed by atoms with E-state index in [1.165, 1.54) is 0 Å². The van der Waals surface area contributed by atoms with Gasteiger partial charge in [0, 0.05) is 19.6 Å². The van der Waals surface area contributed by atoms with Crippen LogP contribution in [-0.4, -0.2) is 64.9 Å². The Morgan fingerprint density at radius 3 is 2.33 bits per heavy atom. The summed E-state index contributed by atoms with van der Waals surface area (Å²) >= 11 is 0. The molecule has 0 rings (SSSR count). The summed E-state index contributed by atoms with van der Waals surface area (Å²) in [6.45, 7) is 10.2. The summed E-state index contributed by atoms with van der Waals surface area (Å²) in [5, 5.41) is 0. The van der Waals surface area contributed by atoms with Gasteiger partial charge in [0.1, 0.15) is 0 Å². The molecule has 0 aromatic rings. The fourth-order valence-corrected chi connectivity index (χ4v) is 1.52. The molecule has 0 heterocycles. The molecule has 0 saturated heterocycles. The van der Waals surface area contributed by atoms with E-state index in [9.17, 15) is 4.79 Å². The van der Waals surface area contributed by atoms with Crippen LogP contribution in [0.2, 0.25) is 0 Å². The van der Waals surface area contributed by atoms with Crippen molar-refractivity contribution < 1.29 is 28.5 Å². The summed E-state index contributed by atoms with van der Waals surface area (Å²) in [5.74, 6) is -0.171. The largest absolute Gasteiger partial charge is 0.466 e. The highest BCUT2D eigenvalue weighted by molar-refractivity contribution is 5.69. The predicted octanol–water partition coefficient (Wildman–Crippen LogP) is 1.80. The van der Waals surface area contributed by atoms with Crippen molar-refractivity contribution in [1.29, 1.82) is 0 Å². The van der Waals surface area contributed by atoms with Crippen LogP contribution in [0.25, 0.3) is 0 Å². The normalized spacial score (nSPS) is 12.3. The zero-order valence-electron chi connectivity index (χ0n) is 13.6. The smallest absolute Gasteiger partial charge is 0.305 e. The molecule has 21 heavy (non-hydrogen) atoms. The number of rotatable bonds is 15. The first-order valence-electron chi connectivity index (χ1n) is 7.71. The minimum atomic E-state index is -0.171. The highest BCUT2D eigenvalue weighted by Crippen LogP contribution is 1.95. The van der Waals surface area contributed by atoms with Crippen LogP contribution in [0.15, 0.2) is 0 Å². The molecule has 1 unspecified atom stereocenters. The Balaban J connectivity index is 3.21. The highest BCUT2D eigenvalue weighted by atomic mass is 16.6. The van der Waals surface area contributed by atoms with Gasteiger partial charge in [-0.1, -0.05) is 0 Å². The van der Waals surface area contributed by atoms with Gasteiger partial charge in [-0.2, -0.15) is 0 Å². The summed E-state index contributed by atoms with van der Waals surface area (Å²) in [6.07, 6.45) is 1.11. The van der Waals surface area contributed by atoms with E-state index < -0.39 is 0 Å². The minimum absolute atomic E-state index is 0.0368. The number of hydrogen-bond acceptors (Lipinski definition) is 6. The van der Waals surface area contributed by atoms with Crippen molar-refractivity contribution in [1.82, 2.24) is 0 Å². The summed E-state index contributed by atoms with van der Waals surface area (Å²) in [4.78, 5) is 11.1. The van der Waals surface area contributed by atoms with Crippen LogP contribution in [0.4, 0.5) is 0 Å². The van der Waals surface area contributed by atoms with Crippen molar-refractivity contribution in [2.45, 2.75) is 39.7 Å². The Hall–Kier alpha value is -0.690. The number of carbonyl (C=O) groups is 1. The van der Waals surface area contributed by atoms with Crippen molar-refractivity contribution in [3.63, 3.8) is 0 Å². The number of esters is 1. The lowest BCUT2D eigenvalue weighted by molar-refractivity contribution is -0.143. The van der Waals surface area contributed by atoms with Crippen LogP contribution in [0.1, 0.15) is 33.6 Å². The fraction of sp³-hybridized carbons (Fsp3) is 0.933. The Bertz CT molecular complexity index is 234. The van der Waals surface area contributed by atoms with Crippen molar-refractivity contribution in [3.8, 4) is 0 Å². The molecule has 0 spiro atoms. The zero-order valence-corrected chi connectivity index (χ0v) is 13.6. The van der Waals surface area contributed by atoms with Gasteiger partial charge in [0.05, 0.1) is 45.7 Å². The van der Waals surface area contributed by atoms with Crippen LogP contribution in [-0.2, 0) is 28.5 Å². The molecule has 0 saturated carbocycles. The maximum absolute atomic E-state index is 11.1. The first kappa shape index (κ1) is 20.3. The van der Waals surface area contributed by atoms with E-state index in [1.807, 2.05) is 13.8 Å². The fourth-order valence-electron chi connectivity index (χ4n) is 1.52. The average Bonchev–Trinajstić information content (AvgIpc) is 2.46. The minimum Gasteiger partial charge on any atom is -0.466 e. The summed E-state index contributed by atoms with van der Waals surface area (Å²) in [5.41, 5.74) is 0. The standard InChI is InChI=1S/C15H30O6/c1-4-17-9-10-19-13-14(3)21-12-11-18-8-6-7-15(16)20-5-2/h14H,4-13H2,1-3H3. The molecule has 6 heteroatoms. The maximum atomic E-state index is 11.1. The molecular weight excluding hydrogens is 276 g/mol. The Labute approximate surface area is 128 Å². The maximum Gasteiger partial charge on any atom is 0.305 e. The molecule has 0 aliphatic rings. The first-order valence-corrected chi connectivity index (χ1v) is 7.71. The van der Waals surface area contributed by atoms with Gasteiger partial charge in [-0.25, -0.2) is 0 Å². The van der Waals surface area contributed by atoms with E-state index in [2.05, 4.69) is 0 Å². The van der Waals surface area contributed by atoms with E-state index in [4.69, 9.17) is 23.7 Å². The number of carbonyl (C=O) groups excluding carboxylic acids is 1. The van der Waals surface area contributed by atoms with Crippen LogP contribution >= 0.6 is 0 Å².